The fourth-order valence-electron chi connectivity index (χ4n) is 0.841. The summed E-state index contributed by atoms with van der Waals surface area (Å²) in [7, 11) is 0. The summed E-state index contributed by atoms with van der Waals surface area (Å²) >= 11 is 0. The standard InChI is InChI=1S/C6H11N/c1-5(7)6-3-2-4-6/h6-7H,2-4H2,1H3. The van der Waals surface area contributed by atoms with E-state index in [1.54, 1.807) is 0 Å². The lowest BCUT2D eigenvalue weighted by Gasteiger charge is -2.23. The highest BCUT2D eigenvalue weighted by Gasteiger charge is 2.18. The molecule has 7 heavy (non-hydrogen) atoms. The topological polar surface area (TPSA) is 23.9 Å². The molecule has 1 heteroatoms. The van der Waals surface area contributed by atoms with Crippen LogP contribution >= 0.6 is 0 Å². The minimum absolute atomic E-state index is 0.667. The first-order valence-electron chi connectivity index (χ1n) is 2.86. The van der Waals surface area contributed by atoms with Crippen LogP contribution in [0.1, 0.15) is 26.2 Å². The first-order chi connectivity index (χ1) is 3.30. The quantitative estimate of drug-likeness (QED) is 0.483. The molecule has 40 valence electrons. The van der Waals surface area contributed by atoms with Crippen molar-refractivity contribution in [1.29, 1.82) is 5.41 Å². The molecule has 0 heterocycles. The second kappa shape index (κ2) is 1.65. The molecule has 0 aliphatic heterocycles. The SMILES string of the molecule is CC(=N)C1CCC1. The molecule has 1 rings (SSSR count). The van der Waals surface area contributed by atoms with Crippen LogP contribution < -0.4 is 0 Å². The Kier molecular flexibility index (Phi) is 1.13. The van der Waals surface area contributed by atoms with Crippen molar-refractivity contribution in [1.82, 2.24) is 0 Å². The zero-order valence-corrected chi connectivity index (χ0v) is 4.70. The Balaban J connectivity index is 2.27. The third kappa shape index (κ3) is 0.817. The van der Waals surface area contributed by atoms with Crippen molar-refractivity contribution in [2.75, 3.05) is 0 Å². The van der Waals surface area contributed by atoms with Gasteiger partial charge in [0.2, 0.25) is 0 Å². The summed E-state index contributed by atoms with van der Waals surface area (Å²) < 4.78 is 0. The highest BCUT2D eigenvalue weighted by molar-refractivity contribution is 5.81. The van der Waals surface area contributed by atoms with Gasteiger partial charge < -0.3 is 5.41 Å². The first-order valence-corrected chi connectivity index (χ1v) is 2.86. The number of hydrogen-bond acceptors (Lipinski definition) is 1. The van der Waals surface area contributed by atoms with Crippen LogP contribution in [0.2, 0.25) is 0 Å². The van der Waals surface area contributed by atoms with Gasteiger partial charge in [-0.2, -0.15) is 0 Å². The zero-order chi connectivity index (χ0) is 5.28. The molecule has 1 aliphatic carbocycles. The van der Waals surface area contributed by atoms with Crippen LogP contribution in [0.3, 0.4) is 0 Å². The lowest BCUT2D eigenvalue weighted by molar-refractivity contribution is 0.410. The molecular formula is C6H11N. The Morgan fingerprint density at radius 3 is 2.14 bits per heavy atom. The van der Waals surface area contributed by atoms with Crippen molar-refractivity contribution in [3.05, 3.63) is 0 Å². The normalized spacial score (nSPS) is 21.3. The van der Waals surface area contributed by atoms with Crippen molar-refractivity contribution < 1.29 is 0 Å². The van der Waals surface area contributed by atoms with E-state index < -0.39 is 0 Å². The van der Waals surface area contributed by atoms with Gasteiger partial charge in [-0.1, -0.05) is 6.42 Å². The maximum atomic E-state index is 7.15. The van der Waals surface area contributed by atoms with Gasteiger partial charge >= 0.3 is 0 Å². The molecule has 0 bridgehead atoms. The van der Waals surface area contributed by atoms with Crippen molar-refractivity contribution in [2.45, 2.75) is 26.2 Å². The van der Waals surface area contributed by atoms with E-state index in [1.807, 2.05) is 6.92 Å². The predicted molar refractivity (Wildman–Crippen MR) is 30.7 cm³/mol. The smallest absolute Gasteiger partial charge is 0.00891 e. The summed E-state index contributed by atoms with van der Waals surface area (Å²) in [5.41, 5.74) is 0.881. The van der Waals surface area contributed by atoms with Gasteiger partial charge in [0.05, 0.1) is 0 Å². The van der Waals surface area contributed by atoms with Crippen molar-refractivity contribution >= 4 is 5.71 Å². The molecule has 1 N–H and O–H groups in total. The van der Waals surface area contributed by atoms with Gasteiger partial charge in [-0.3, -0.25) is 0 Å². The number of rotatable bonds is 1. The fraction of sp³-hybridized carbons (Fsp3) is 0.833. The summed E-state index contributed by atoms with van der Waals surface area (Å²) in [6.45, 7) is 1.91. The van der Waals surface area contributed by atoms with E-state index in [0.29, 0.717) is 5.92 Å². The molecule has 0 atom stereocenters. The minimum Gasteiger partial charge on any atom is -0.310 e. The van der Waals surface area contributed by atoms with Gasteiger partial charge in [-0.25, -0.2) is 0 Å². The molecule has 1 nitrogen and oxygen atoms in total. The van der Waals surface area contributed by atoms with E-state index in [-0.39, 0.29) is 0 Å². The molecule has 0 aromatic carbocycles. The summed E-state index contributed by atoms with van der Waals surface area (Å²) in [5.74, 6) is 0.667. The highest BCUT2D eigenvalue weighted by atomic mass is 14.4. The van der Waals surface area contributed by atoms with E-state index in [4.69, 9.17) is 5.41 Å². The molecule has 0 spiro atoms. The molecular weight excluding hydrogens is 86.1 g/mol. The molecule has 0 unspecified atom stereocenters. The van der Waals surface area contributed by atoms with Gasteiger partial charge in [0.1, 0.15) is 0 Å². The Hall–Kier alpha value is -0.330. The second-order valence-corrected chi connectivity index (χ2v) is 2.31. The van der Waals surface area contributed by atoms with Crippen molar-refractivity contribution in [3.63, 3.8) is 0 Å². The van der Waals surface area contributed by atoms with Gasteiger partial charge in [0.15, 0.2) is 0 Å². The molecule has 0 aromatic rings. The number of hydrogen-bond donors (Lipinski definition) is 1. The van der Waals surface area contributed by atoms with Crippen LogP contribution in [-0.4, -0.2) is 5.71 Å². The highest BCUT2D eigenvalue weighted by Crippen LogP contribution is 2.26. The third-order valence-corrected chi connectivity index (χ3v) is 1.72. The molecule has 1 saturated carbocycles. The third-order valence-electron chi connectivity index (χ3n) is 1.72. The Morgan fingerprint density at radius 1 is 1.57 bits per heavy atom. The molecule has 0 aromatic heterocycles. The Morgan fingerprint density at radius 2 is 2.14 bits per heavy atom. The molecule has 0 amide bonds. The largest absolute Gasteiger partial charge is 0.310 e. The zero-order valence-electron chi connectivity index (χ0n) is 4.70. The molecule has 0 radical (unpaired) electrons. The van der Waals surface area contributed by atoms with Crippen LogP contribution in [0.25, 0.3) is 0 Å². The fourth-order valence-corrected chi connectivity index (χ4v) is 0.841. The van der Waals surface area contributed by atoms with Gasteiger partial charge in [0.25, 0.3) is 0 Å². The minimum atomic E-state index is 0.667. The van der Waals surface area contributed by atoms with E-state index >= 15 is 0 Å². The van der Waals surface area contributed by atoms with E-state index in [9.17, 15) is 0 Å². The van der Waals surface area contributed by atoms with Crippen molar-refractivity contribution in [3.8, 4) is 0 Å². The lowest BCUT2D eigenvalue weighted by atomic mass is 9.82. The van der Waals surface area contributed by atoms with Crippen molar-refractivity contribution in [2.24, 2.45) is 5.92 Å². The first kappa shape index (κ1) is 4.82. The average Bonchev–Trinajstić information content (AvgIpc) is 1.23. The molecule has 1 fully saturated rings. The van der Waals surface area contributed by atoms with Gasteiger partial charge in [-0.15, -0.1) is 0 Å². The Labute approximate surface area is 44.2 Å². The maximum Gasteiger partial charge on any atom is 0.00891 e. The monoisotopic (exact) mass is 97.1 g/mol. The van der Waals surface area contributed by atoms with Crippen LogP contribution in [0.15, 0.2) is 0 Å². The molecule has 1 aliphatic rings. The summed E-state index contributed by atoms with van der Waals surface area (Å²) in [5, 5.41) is 7.15. The van der Waals surface area contributed by atoms with Crippen LogP contribution in [0.4, 0.5) is 0 Å². The summed E-state index contributed by atoms with van der Waals surface area (Å²) in [6, 6.07) is 0. The van der Waals surface area contributed by atoms with Crippen LogP contribution in [-0.2, 0) is 0 Å². The average molecular weight is 97.2 g/mol. The van der Waals surface area contributed by atoms with Gasteiger partial charge in [0, 0.05) is 5.71 Å². The summed E-state index contributed by atoms with van der Waals surface area (Å²) in [4.78, 5) is 0. The predicted octanol–water partition coefficient (Wildman–Crippen LogP) is 1.83. The number of nitrogens with one attached hydrogen (secondary N) is 1. The van der Waals surface area contributed by atoms with Gasteiger partial charge in [-0.05, 0) is 25.7 Å². The van der Waals surface area contributed by atoms with Crippen LogP contribution in [0, 0.1) is 11.3 Å². The van der Waals surface area contributed by atoms with E-state index in [2.05, 4.69) is 0 Å². The second-order valence-electron chi connectivity index (χ2n) is 2.31. The van der Waals surface area contributed by atoms with E-state index in [0.717, 1.165) is 5.71 Å². The maximum absolute atomic E-state index is 7.15. The lowest BCUT2D eigenvalue weighted by Crippen LogP contribution is -2.17. The summed E-state index contributed by atoms with van der Waals surface area (Å²) in [6.07, 6.45) is 3.89. The van der Waals surface area contributed by atoms with E-state index in [1.165, 1.54) is 19.3 Å². The van der Waals surface area contributed by atoms with Crippen LogP contribution in [0.5, 0.6) is 0 Å². The molecule has 0 saturated heterocycles. The Bertz CT molecular complexity index is 82.2.